The van der Waals surface area contributed by atoms with Crippen molar-refractivity contribution in [3.63, 3.8) is 0 Å². The first-order valence-electron chi connectivity index (χ1n) is 13.6. The molecule has 202 valence electrons. The van der Waals surface area contributed by atoms with Gasteiger partial charge in [0.1, 0.15) is 0 Å². The third-order valence-corrected chi connectivity index (χ3v) is 14.7. The number of aliphatic hydroxyl groups is 2. The van der Waals surface area contributed by atoms with Crippen LogP contribution >= 0.6 is 0 Å². The van der Waals surface area contributed by atoms with Crippen LogP contribution in [-0.2, 0) is 13.7 Å². The average molecular weight is 519 g/mol. The highest BCUT2D eigenvalue weighted by molar-refractivity contribution is 6.85. The number of hydrogen-bond donors (Lipinski definition) is 4. The molecule has 0 saturated carbocycles. The monoisotopic (exact) mass is 518 g/mol. The molecule has 0 rings (SSSR count). The summed E-state index contributed by atoms with van der Waals surface area (Å²) in [6.45, 7) is 11.0. The first-order chi connectivity index (χ1) is 16.2. The summed E-state index contributed by atoms with van der Waals surface area (Å²) in [6, 6.07) is 3.27. The summed E-state index contributed by atoms with van der Waals surface area (Å²) < 4.78 is 6.93. The molecule has 0 aromatic rings. The van der Waals surface area contributed by atoms with Gasteiger partial charge in [-0.3, -0.25) is 9.59 Å². The first kappa shape index (κ1) is 33.3. The van der Waals surface area contributed by atoms with Crippen molar-refractivity contribution in [2.75, 3.05) is 26.3 Å². The summed E-state index contributed by atoms with van der Waals surface area (Å²) in [7, 11) is -3.68. The Kier molecular flexibility index (Phi) is 20.0. The summed E-state index contributed by atoms with van der Waals surface area (Å²) in [4.78, 5) is 23.9. The van der Waals surface area contributed by atoms with Crippen LogP contribution in [-0.4, -0.2) is 65.0 Å². The van der Waals surface area contributed by atoms with Gasteiger partial charge in [0.05, 0.1) is 0 Å². The Hall–Kier alpha value is -0.746. The van der Waals surface area contributed by atoms with Gasteiger partial charge in [0.2, 0.25) is 11.8 Å². The van der Waals surface area contributed by atoms with Gasteiger partial charge in [0.15, 0.2) is 16.6 Å². The Morgan fingerprint density at radius 3 is 1.62 bits per heavy atom. The summed E-state index contributed by atoms with van der Waals surface area (Å²) in [5.74, 6) is 0.219. The summed E-state index contributed by atoms with van der Waals surface area (Å²) in [6.07, 6.45) is 10.4. The zero-order valence-corrected chi connectivity index (χ0v) is 24.6. The molecule has 0 aliphatic heterocycles. The molecule has 0 fully saturated rings. The summed E-state index contributed by atoms with van der Waals surface area (Å²) in [5.41, 5.74) is 0. The highest BCUT2D eigenvalue weighted by Gasteiger charge is 2.35. The topological polar surface area (TPSA) is 108 Å². The molecule has 7 nitrogen and oxygen atoms in total. The van der Waals surface area contributed by atoms with E-state index in [9.17, 15) is 9.59 Å². The molecule has 0 aliphatic carbocycles. The fourth-order valence-corrected chi connectivity index (χ4v) is 14.1. The van der Waals surface area contributed by atoms with Crippen LogP contribution in [0.25, 0.3) is 0 Å². The number of rotatable bonds is 23. The van der Waals surface area contributed by atoms with E-state index in [0.29, 0.717) is 25.9 Å². The van der Waals surface area contributed by atoms with Gasteiger partial charge in [-0.2, -0.15) is 0 Å². The molecular weight excluding hydrogens is 464 g/mol. The number of amides is 2. The molecule has 34 heavy (non-hydrogen) atoms. The number of aliphatic hydroxyl groups excluding tert-OH is 2. The van der Waals surface area contributed by atoms with Gasteiger partial charge >= 0.3 is 0 Å². The van der Waals surface area contributed by atoms with Gasteiger partial charge in [-0.05, 0) is 76.3 Å². The minimum absolute atomic E-state index is 0.107. The molecule has 9 heteroatoms. The van der Waals surface area contributed by atoms with E-state index in [2.05, 4.69) is 37.2 Å². The molecule has 4 N–H and O–H groups in total. The highest BCUT2D eigenvalue weighted by Crippen LogP contribution is 2.28. The van der Waals surface area contributed by atoms with Crippen LogP contribution in [0.2, 0.25) is 37.8 Å². The average Bonchev–Trinajstić information content (AvgIpc) is 2.78. The number of unbranched alkanes of at least 4 members (excludes halogenated alkanes) is 5. The second-order valence-corrected chi connectivity index (χ2v) is 19.1. The Morgan fingerprint density at radius 1 is 0.676 bits per heavy atom. The maximum absolute atomic E-state index is 12.0. The second-order valence-electron chi connectivity index (χ2n) is 10.4. The lowest BCUT2D eigenvalue weighted by Crippen LogP contribution is -2.47. The third-order valence-electron chi connectivity index (χ3n) is 6.19. The predicted octanol–water partition coefficient (Wildman–Crippen LogP) is 4.70. The van der Waals surface area contributed by atoms with Crippen molar-refractivity contribution in [2.45, 2.75) is 122 Å². The van der Waals surface area contributed by atoms with Gasteiger partial charge < -0.3 is 25.0 Å². The zero-order chi connectivity index (χ0) is 25.7. The Balaban J connectivity index is 4.34. The molecule has 0 radical (unpaired) electrons. The van der Waals surface area contributed by atoms with Crippen molar-refractivity contribution in [2.24, 2.45) is 0 Å². The molecule has 0 saturated heterocycles. The number of carbonyl (C=O) groups excluding carboxylic acids is 2. The maximum Gasteiger partial charge on any atom is 0.219 e. The molecular formula is C25H54N2O5Si2. The van der Waals surface area contributed by atoms with Gasteiger partial charge in [-0.1, -0.05) is 32.6 Å². The fourth-order valence-electron chi connectivity index (χ4n) is 4.25. The number of carbonyl (C=O) groups is 2. The first-order valence-corrected chi connectivity index (χ1v) is 19.6. The number of nitrogens with one attached hydrogen (secondary N) is 2. The van der Waals surface area contributed by atoms with Gasteiger partial charge in [-0.25, -0.2) is 0 Å². The minimum atomic E-state index is -1.85. The lowest BCUT2D eigenvalue weighted by Gasteiger charge is -2.37. The summed E-state index contributed by atoms with van der Waals surface area (Å²) in [5, 5.41) is 23.7. The van der Waals surface area contributed by atoms with Crippen molar-refractivity contribution in [1.82, 2.24) is 10.6 Å². The molecule has 1 unspecified atom stereocenters. The number of hydrogen-bond acceptors (Lipinski definition) is 5. The van der Waals surface area contributed by atoms with Crippen molar-refractivity contribution in [3.8, 4) is 0 Å². The third kappa shape index (κ3) is 19.5. The van der Waals surface area contributed by atoms with E-state index in [1.54, 1.807) is 0 Å². The second kappa shape index (κ2) is 20.4. The largest absolute Gasteiger partial charge is 0.455 e. The smallest absolute Gasteiger partial charge is 0.219 e. The Labute approximate surface area is 211 Å². The molecule has 0 bridgehead atoms. The maximum atomic E-state index is 12.0. The van der Waals surface area contributed by atoms with Crippen LogP contribution in [0.1, 0.15) is 84.0 Å². The van der Waals surface area contributed by atoms with E-state index in [4.69, 9.17) is 14.3 Å². The lowest BCUT2D eigenvalue weighted by molar-refractivity contribution is -0.122. The Morgan fingerprint density at radius 2 is 1.15 bits per heavy atom. The van der Waals surface area contributed by atoms with Gasteiger partial charge in [-0.15, -0.1) is 0 Å². The fraction of sp³-hybridized carbons (Fsp3) is 0.920. The van der Waals surface area contributed by atoms with Crippen LogP contribution in [0, 0.1) is 0 Å². The molecule has 1 atom stereocenters. The molecule has 0 aromatic carbocycles. The Bertz CT molecular complexity index is 537. The normalized spacial score (nSPS) is 13.5. The van der Waals surface area contributed by atoms with E-state index in [-0.39, 0.29) is 25.0 Å². The van der Waals surface area contributed by atoms with Crippen molar-refractivity contribution in [1.29, 1.82) is 0 Å². The van der Waals surface area contributed by atoms with E-state index < -0.39 is 16.6 Å². The molecule has 0 heterocycles. The van der Waals surface area contributed by atoms with Crippen molar-refractivity contribution >= 4 is 28.4 Å². The van der Waals surface area contributed by atoms with E-state index in [1.807, 2.05) is 0 Å². The van der Waals surface area contributed by atoms with Crippen LogP contribution in [0.4, 0.5) is 0 Å². The van der Waals surface area contributed by atoms with Crippen molar-refractivity contribution in [3.05, 3.63) is 0 Å². The standard InChI is InChI=1S/C25H54N2O5Si2/c1-5-6-22-34(4,23-14-18-27-25(31)16-10-8-12-20-29)32-33(2,3)21-13-17-26-24(30)15-9-7-11-19-28/h28-29H,5-23H2,1-4H3,(H,26,30)(H,27,31). The zero-order valence-electron chi connectivity index (χ0n) is 22.6. The van der Waals surface area contributed by atoms with Crippen LogP contribution in [0.5, 0.6) is 0 Å². The molecule has 0 aliphatic rings. The van der Waals surface area contributed by atoms with E-state index in [0.717, 1.165) is 63.5 Å². The molecule has 0 spiro atoms. The van der Waals surface area contributed by atoms with Crippen molar-refractivity contribution < 1.29 is 23.9 Å². The molecule has 2 amide bonds. The predicted molar refractivity (Wildman–Crippen MR) is 146 cm³/mol. The molecule has 0 aromatic heterocycles. The van der Waals surface area contributed by atoms with Gasteiger partial charge in [0.25, 0.3) is 0 Å². The van der Waals surface area contributed by atoms with E-state index in [1.165, 1.54) is 18.9 Å². The van der Waals surface area contributed by atoms with E-state index >= 15 is 0 Å². The lowest BCUT2D eigenvalue weighted by atomic mass is 10.2. The van der Waals surface area contributed by atoms with Crippen LogP contribution in [0.15, 0.2) is 0 Å². The SMILES string of the molecule is CCCC[Si](C)(CCCNC(=O)CCCCCO)O[Si](C)(C)CCCNC(=O)CCCCCO. The van der Waals surface area contributed by atoms with Crippen LogP contribution in [0.3, 0.4) is 0 Å². The quantitative estimate of drug-likeness (QED) is 0.116. The minimum Gasteiger partial charge on any atom is -0.455 e. The highest BCUT2D eigenvalue weighted by atomic mass is 28.4. The van der Waals surface area contributed by atoms with Crippen LogP contribution < -0.4 is 10.6 Å². The van der Waals surface area contributed by atoms with Gasteiger partial charge in [0, 0.05) is 39.1 Å². The summed E-state index contributed by atoms with van der Waals surface area (Å²) >= 11 is 0.